The van der Waals surface area contributed by atoms with Gasteiger partial charge >= 0.3 is 5.97 Å². The monoisotopic (exact) mass is 247 g/mol. The lowest BCUT2D eigenvalue weighted by Gasteiger charge is -2.13. The van der Waals surface area contributed by atoms with Gasteiger partial charge in [-0.05, 0) is 12.5 Å². The van der Waals surface area contributed by atoms with Crippen LogP contribution in [0.5, 0.6) is 0 Å². The Morgan fingerprint density at radius 1 is 1.39 bits per heavy atom. The first kappa shape index (κ1) is 12.3. The van der Waals surface area contributed by atoms with Crippen molar-refractivity contribution in [2.75, 3.05) is 0 Å². The second kappa shape index (κ2) is 5.42. The summed E-state index contributed by atoms with van der Waals surface area (Å²) in [6.07, 6.45) is 0. The van der Waals surface area contributed by atoms with Crippen molar-refractivity contribution in [2.45, 2.75) is 19.5 Å². The highest BCUT2D eigenvalue weighted by Crippen LogP contribution is 2.13. The lowest BCUT2D eigenvalue weighted by Crippen LogP contribution is -2.28. The Balaban J connectivity index is 2.09. The van der Waals surface area contributed by atoms with E-state index in [0.29, 0.717) is 23.5 Å². The van der Waals surface area contributed by atoms with Crippen LogP contribution in [0.2, 0.25) is 0 Å². The molecule has 0 fully saturated rings. The van der Waals surface area contributed by atoms with E-state index >= 15 is 0 Å². The maximum atomic E-state index is 11.2. The molecule has 94 valence electrons. The number of nitrogens with one attached hydrogen (secondary N) is 1. The summed E-state index contributed by atoms with van der Waals surface area (Å²) in [5.41, 5.74) is 1.95. The van der Waals surface area contributed by atoms with Gasteiger partial charge in [-0.3, -0.25) is 10.1 Å². The van der Waals surface area contributed by atoms with Gasteiger partial charge in [0, 0.05) is 6.54 Å². The molecular weight excluding hydrogens is 234 g/mol. The quantitative estimate of drug-likeness (QED) is 0.827. The summed E-state index contributed by atoms with van der Waals surface area (Å²) in [6.45, 7) is 2.05. The minimum atomic E-state index is -0.935. The molecule has 6 heteroatoms. The Morgan fingerprint density at radius 3 is 2.67 bits per heavy atom. The van der Waals surface area contributed by atoms with Gasteiger partial charge in [0.2, 0.25) is 0 Å². The third-order valence-corrected chi connectivity index (χ3v) is 2.60. The Bertz CT molecular complexity index is 524. The summed E-state index contributed by atoms with van der Waals surface area (Å²) >= 11 is 0. The molecule has 0 aliphatic carbocycles. The molecule has 6 nitrogen and oxygen atoms in total. The summed E-state index contributed by atoms with van der Waals surface area (Å²) in [4.78, 5) is 11.2. The Morgan fingerprint density at radius 2 is 2.11 bits per heavy atom. The number of rotatable bonds is 5. The zero-order valence-electron chi connectivity index (χ0n) is 9.83. The van der Waals surface area contributed by atoms with E-state index in [1.54, 1.807) is 31.2 Å². The molecule has 0 amide bonds. The Labute approximate surface area is 104 Å². The lowest BCUT2D eigenvalue weighted by molar-refractivity contribution is -0.139. The molecule has 1 aromatic carbocycles. The summed E-state index contributed by atoms with van der Waals surface area (Å²) < 4.78 is 4.56. The van der Waals surface area contributed by atoms with Crippen LogP contribution in [0.15, 0.2) is 35.0 Å². The van der Waals surface area contributed by atoms with Gasteiger partial charge in [-0.1, -0.05) is 40.6 Å². The van der Waals surface area contributed by atoms with Crippen molar-refractivity contribution >= 4 is 5.97 Å². The molecule has 2 aromatic rings. The molecule has 1 heterocycles. The predicted octanol–water partition coefficient (Wildman–Crippen LogP) is 1.29. The van der Waals surface area contributed by atoms with Crippen LogP contribution in [-0.2, 0) is 11.3 Å². The van der Waals surface area contributed by atoms with E-state index in [-0.39, 0.29) is 0 Å². The van der Waals surface area contributed by atoms with E-state index in [2.05, 4.69) is 20.3 Å². The highest BCUT2D eigenvalue weighted by molar-refractivity contribution is 5.75. The van der Waals surface area contributed by atoms with E-state index in [1.807, 2.05) is 6.07 Å². The summed E-state index contributed by atoms with van der Waals surface area (Å²) in [6, 6.07) is 8.20. The molecule has 1 unspecified atom stereocenters. The van der Waals surface area contributed by atoms with Gasteiger partial charge < -0.3 is 5.11 Å². The number of benzene rings is 1. The second-order valence-corrected chi connectivity index (χ2v) is 3.86. The van der Waals surface area contributed by atoms with Crippen LogP contribution in [0, 0.1) is 6.92 Å². The summed E-state index contributed by atoms with van der Waals surface area (Å²) in [5, 5.41) is 19.5. The van der Waals surface area contributed by atoms with E-state index in [0.717, 1.165) is 0 Å². The highest BCUT2D eigenvalue weighted by atomic mass is 16.6. The number of nitrogens with zero attached hydrogens (tertiary/aromatic N) is 2. The summed E-state index contributed by atoms with van der Waals surface area (Å²) in [7, 11) is 0. The second-order valence-electron chi connectivity index (χ2n) is 3.86. The predicted molar refractivity (Wildman–Crippen MR) is 62.7 cm³/mol. The van der Waals surface area contributed by atoms with Crippen LogP contribution in [0.4, 0.5) is 0 Å². The number of aliphatic carboxylic acids is 1. The molecular formula is C12H13N3O3. The van der Waals surface area contributed by atoms with Crippen molar-refractivity contribution < 1.29 is 14.5 Å². The Hall–Kier alpha value is -2.21. The average Bonchev–Trinajstić information content (AvgIpc) is 2.76. The molecule has 0 saturated heterocycles. The third kappa shape index (κ3) is 2.72. The fraction of sp³-hybridized carbons (Fsp3) is 0.250. The molecule has 1 atom stereocenters. The number of carboxylic acid groups (broad SMARTS) is 1. The third-order valence-electron chi connectivity index (χ3n) is 2.60. The minimum Gasteiger partial charge on any atom is -0.480 e. The van der Waals surface area contributed by atoms with E-state index in [1.165, 1.54) is 0 Å². The topological polar surface area (TPSA) is 88.3 Å². The molecule has 1 aromatic heterocycles. The standard InChI is InChI=1S/C12H13N3O3/c1-8-10(15-18-14-8)7-13-11(12(16)17)9-5-3-2-4-6-9/h2-6,11,13H,7H2,1H3,(H,16,17). The SMILES string of the molecule is Cc1nonc1CNC(C(=O)O)c1ccccc1. The number of carbonyl (C=O) groups is 1. The van der Waals surface area contributed by atoms with Crippen molar-refractivity contribution in [1.29, 1.82) is 0 Å². The molecule has 18 heavy (non-hydrogen) atoms. The van der Waals surface area contributed by atoms with E-state index in [4.69, 9.17) is 0 Å². The van der Waals surface area contributed by atoms with Gasteiger partial charge in [0.1, 0.15) is 17.4 Å². The van der Waals surface area contributed by atoms with Gasteiger partial charge in [-0.15, -0.1) is 0 Å². The number of aromatic nitrogens is 2. The fourth-order valence-electron chi connectivity index (χ4n) is 1.60. The number of hydrogen-bond acceptors (Lipinski definition) is 5. The first-order valence-corrected chi connectivity index (χ1v) is 5.47. The van der Waals surface area contributed by atoms with Gasteiger partial charge in [0.05, 0.1) is 0 Å². The maximum Gasteiger partial charge on any atom is 0.325 e. The van der Waals surface area contributed by atoms with Crippen LogP contribution in [0.1, 0.15) is 23.0 Å². The fourth-order valence-corrected chi connectivity index (χ4v) is 1.60. The van der Waals surface area contributed by atoms with Gasteiger partial charge in [0.25, 0.3) is 0 Å². The molecule has 0 saturated carbocycles. The van der Waals surface area contributed by atoms with E-state index < -0.39 is 12.0 Å². The lowest BCUT2D eigenvalue weighted by atomic mass is 10.1. The molecule has 0 aliphatic rings. The molecule has 0 bridgehead atoms. The smallest absolute Gasteiger partial charge is 0.325 e. The van der Waals surface area contributed by atoms with Gasteiger partial charge in [-0.2, -0.15) is 0 Å². The maximum absolute atomic E-state index is 11.2. The average molecular weight is 247 g/mol. The normalized spacial score (nSPS) is 12.3. The van der Waals surface area contributed by atoms with Crippen molar-refractivity contribution in [3.8, 4) is 0 Å². The largest absolute Gasteiger partial charge is 0.480 e. The molecule has 0 radical (unpaired) electrons. The van der Waals surface area contributed by atoms with Gasteiger partial charge in [0.15, 0.2) is 0 Å². The molecule has 0 aliphatic heterocycles. The van der Waals surface area contributed by atoms with Crippen molar-refractivity contribution in [1.82, 2.24) is 15.6 Å². The Kier molecular flexibility index (Phi) is 3.69. The highest BCUT2D eigenvalue weighted by Gasteiger charge is 2.19. The minimum absolute atomic E-state index is 0.293. The first-order valence-electron chi connectivity index (χ1n) is 5.47. The first-order chi connectivity index (χ1) is 8.68. The van der Waals surface area contributed by atoms with Gasteiger partial charge in [-0.25, -0.2) is 4.63 Å². The number of aryl methyl sites for hydroxylation is 1. The molecule has 2 rings (SSSR count). The van der Waals surface area contributed by atoms with Crippen molar-refractivity contribution in [3.05, 3.63) is 47.3 Å². The van der Waals surface area contributed by atoms with E-state index in [9.17, 15) is 9.90 Å². The number of carboxylic acids is 1. The van der Waals surface area contributed by atoms with Crippen LogP contribution >= 0.6 is 0 Å². The zero-order chi connectivity index (χ0) is 13.0. The zero-order valence-corrected chi connectivity index (χ0v) is 9.83. The molecule has 0 spiro atoms. The number of hydrogen-bond donors (Lipinski definition) is 2. The molecule has 2 N–H and O–H groups in total. The van der Waals surface area contributed by atoms with Crippen molar-refractivity contribution in [2.24, 2.45) is 0 Å². The van der Waals surface area contributed by atoms with Crippen LogP contribution in [-0.4, -0.2) is 21.4 Å². The van der Waals surface area contributed by atoms with Crippen LogP contribution in [0.3, 0.4) is 0 Å². The van der Waals surface area contributed by atoms with Crippen molar-refractivity contribution in [3.63, 3.8) is 0 Å². The van der Waals surface area contributed by atoms with Crippen LogP contribution < -0.4 is 5.32 Å². The van der Waals surface area contributed by atoms with Crippen LogP contribution in [0.25, 0.3) is 0 Å². The summed E-state index contributed by atoms with van der Waals surface area (Å²) in [5.74, 6) is -0.935.